The fourth-order valence-electron chi connectivity index (χ4n) is 16.9. The quantitative estimate of drug-likeness (QED) is 0.146. The van der Waals surface area contributed by atoms with Gasteiger partial charge in [-0.3, -0.25) is 0 Å². The number of fused-ring (bicyclic) bond motifs is 9. The van der Waals surface area contributed by atoms with E-state index in [0.29, 0.717) is 0 Å². The molecule has 16 aromatic carbocycles. The van der Waals surface area contributed by atoms with Gasteiger partial charge in [0.05, 0.1) is 0 Å². The molecule has 89 heavy (non-hydrogen) atoms. The Kier molecular flexibility index (Phi) is 10.2. The third-order valence-electron chi connectivity index (χ3n) is 21.8. The van der Waals surface area contributed by atoms with Gasteiger partial charge in [0.1, 0.15) is 0 Å². The molecule has 0 N–H and O–H groups in total. The molecule has 0 aliphatic heterocycles. The molecule has 16 aromatic rings. The van der Waals surface area contributed by atoms with Gasteiger partial charge in [0, 0.05) is 16.2 Å². The van der Waals surface area contributed by atoms with Crippen molar-refractivity contribution in [1.82, 2.24) is 0 Å². The van der Waals surface area contributed by atoms with Crippen molar-refractivity contribution in [2.24, 2.45) is 0 Å². The zero-order chi connectivity index (χ0) is 59.4. The van der Waals surface area contributed by atoms with Crippen molar-refractivity contribution in [2.75, 3.05) is 0 Å². The maximum atomic E-state index is 2.49. The van der Waals surface area contributed by atoms with Crippen LogP contribution in [0.4, 0.5) is 0 Å². The van der Waals surface area contributed by atoms with E-state index in [1.807, 2.05) is 0 Å². The van der Waals surface area contributed by atoms with Gasteiger partial charge in [0.15, 0.2) is 0 Å². The first kappa shape index (κ1) is 50.7. The highest BCUT2D eigenvalue weighted by Gasteiger charge is 2.40. The highest BCUT2D eigenvalue weighted by atomic mass is 14.4. The Hall–Kier alpha value is -10.4. The number of benzene rings is 16. The third kappa shape index (κ3) is 7.12. The van der Waals surface area contributed by atoms with E-state index in [0.717, 1.165) is 0 Å². The second kappa shape index (κ2) is 17.9. The van der Waals surface area contributed by atoms with Gasteiger partial charge in [-0.2, -0.15) is 0 Å². The van der Waals surface area contributed by atoms with Crippen LogP contribution >= 0.6 is 0 Å². The second-order valence-electron chi connectivity index (χ2n) is 27.5. The third-order valence-corrected chi connectivity index (χ3v) is 21.8. The molecule has 0 fully saturated rings. The normalized spacial score (nSPS) is 14.7. The molecular weight excluding hydrogens is 1070 g/mol. The highest BCUT2D eigenvalue weighted by Crippen LogP contribution is 2.56. The molecule has 0 bridgehead atoms. The SMILES string of the molecule is CC1(C)c2cc(-c3ccc(-c4ccc5ccc6cccc7ccc4c5c67)cc3)ccc2-c2ccc(-c3ccc4c(c3)C(C)(C)c3cc(-c5ccc6c(c5)C(C)(C)c5cc(-c7ccc(-c8ccc9ccc%10cccc%11ccc8c9c%10%11)cc7)ccc5-6)ccc3-4)cc21. The average Bonchev–Trinajstić information content (AvgIpc) is 1.77. The van der Waals surface area contributed by atoms with Crippen molar-refractivity contribution in [3.05, 3.63) is 300 Å². The first-order valence-corrected chi connectivity index (χ1v) is 31.8. The molecule has 0 saturated heterocycles. The number of hydrogen-bond donors (Lipinski definition) is 0. The Bertz CT molecular complexity index is 5340. The molecule has 418 valence electrons. The molecule has 0 radical (unpaired) electrons. The Morgan fingerprint density at radius 3 is 0.652 bits per heavy atom. The van der Waals surface area contributed by atoms with Crippen LogP contribution in [0, 0.1) is 0 Å². The molecular formula is C89H62. The first-order chi connectivity index (χ1) is 43.3. The molecule has 3 aliphatic carbocycles. The fourth-order valence-corrected chi connectivity index (χ4v) is 16.9. The van der Waals surface area contributed by atoms with Crippen LogP contribution < -0.4 is 0 Å². The zero-order valence-electron chi connectivity index (χ0n) is 50.9. The molecule has 0 aromatic heterocycles. The van der Waals surface area contributed by atoms with Gasteiger partial charge in [-0.1, -0.05) is 272 Å². The smallest absolute Gasteiger partial charge is 0.0159 e. The standard InChI is InChI=1S/C89H62/c1-87(2)77-45-61(51-13-17-53(18-14-51)67-35-25-59-23-21-55-9-7-11-57-27-43-75(67)85(59)83(55)57)29-37-69(77)71-39-31-63(47-79(71)87)65-33-41-73-74-42-34-66(50-82(74)89(5,6)81(73)49-65)64-32-40-72-70-38-30-62(46-78(70)88(3,4)80(72)48-64)52-15-19-54(20-16-52)68-36-26-60-24-22-56-10-8-12-58-28-44-76(68)86(60)84(56)58/h7-50H,1-6H3. The number of rotatable bonds is 6. The van der Waals surface area contributed by atoms with Crippen LogP contribution in [0.2, 0.25) is 0 Å². The van der Waals surface area contributed by atoms with Crippen LogP contribution in [0.1, 0.15) is 74.9 Å². The molecule has 0 heterocycles. The van der Waals surface area contributed by atoms with Crippen LogP contribution in [0.5, 0.6) is 0 Å². The first-order valence-electron chi connectivity index (χ1n) is 31.8. The van der Waals surface area contributed by atoms with E-state index in [9.17, 15) is 0 Å². The van der Waals surface area contributed by atoms with Gasteiger partial charge >= 0.3 is 0 Å². The monoisotopic (exact) mass is 1130 g/mol. The molecule has 0 heteroatoms. The molecule has 0 amide bonds. The van der Waals surface area contributed by atoms with Crippen molar-refractivity contribution in [3.8, 4) is 100 Å². The summed E-state index contributed by atoms with van der Waals surface area (Å²) < 4.78 is 0. The minimum atomic E-state index is -0.178. The lowest BCUT2D eigenvalue weighted by atomic mass is 9.79. The van der Waals surface area contributed by atoms with Crippen LogP contribution in [-0.4, -0.2) is 0 Å². The molecule has 0 spiro atoms. The van der Waals surface area contributed by atoms with Gasteiger partial charge < -0.3 is 0 Å². The summed E-state index contributed by atoms with van der Waals surface area (Å²) in [7, 11) is 0. The van der Waals surface area contributed by atoms with Crippen molar-refractivity contribution in [1.29, 1.82) is 0 Å². The highest BCUT2D eigenvalue weighted by molar-refractivity contribution is 6.27. The summed E-state index contributed by atoms with van der Waals surface area (Å²) in [5, 5.41) is 15.9. The fraction of sp³-hybridized carbons (Fsp3) is 0.101. The summed E-state index contributed by atoms with van der Waals surface area (Å²) in [6.07, 6.45) is 0. The van der Waals surface area contributed by atoms with E-state index in [1.165, 1.54) is 198 Å². The van der Waals surface area contributed by atoms with E-state index < -0.39 is 0 Å². The van der Waals surface area contributed by atoms with E-state index in [4.69, 9.17) is 0 Å². The Balaban J connectivity index is 0.579. The van der Waals surface area contributed by atoms with E-state index in [1.54, 1.807) is 0 Å². The maximum absolute atomic E-state index is 2.49. The summed E-state index contributed by atoms with van der Waals surface area (Å²) in [5.74, 6) is 0. The Morgan fingerprint density at radius 2 is 0.371 bits per heavy atom. The molecule has 0 unspecified atom stereocenters. The van der Waals surface area contributed by atoms with E-state index in [2.05, 4.69) is 308 Å². The van der Waals surface area contributed by atoms with Crippen LogP contribution in [0.3, 0.4) is 0 Å². The average molecular weight is 1130 g/mol. The van der Waals surface area contributed by atoms with Gasteiger partial charge in [0.25, 0.3) is 0 Å². The molecule has 0 nitrogen and oxygen atoms in total. The minimum Gasteiger partial charge on any atom is -0.0610 e. The summed E-state index contributed by atoms with van der Waals surface area (Å²) in [5.41, 5.74) is 31.0. The predicted octanol–water partition coefficient (Wildman–Crippen LogP) is 24.4. The molecule has 3 aliphatic rings. The van der Waals surface area contributed by atoms with Crippen molar-refractivity contribution < 1.29 is 0 Å². The van der Waals surface area contributed by atoms with Gasteiger partial charge in [-0.05, 0) is 235 Å². The van der Waals surface area contributed by atoms with Crippen molar-refractivity contribution in [3.63, 3.8) is 0 Å². The summed E-state index contributed by atoms with van der Waals surface area (Å²) >= 11 is 0. The number of hydrogen-bond acceptors (Lipinski definition) is 0. The summed E-state index contributed by atoms with van der Waals surface area (Å²) in [6, 6.07) is 102. The van der Waals surface area contributed by atoms with Gasteiger partial charge in [0.2, 0.25) is 0 Å². The lowest BCUT2D eigenvalue weighted by Gasteiger charge is -2.24. The largest absolute Gasteiger partial charge is 0.0610 e. The molecule has 0 saturated carbocycles. The molecule has 19 rings (SSSR count). The lowest BCUT2D eigenvalue weighted by Crippen LogP contribution is -2.16. The van der Waals surface area contributed by atoms with Crippen LogP contribution in [-0.2, 0) is 16.2 Å². The predicted molar refractivity (Wildman–Crippen MR) is 379 cm³/mol. The van der Waals surface area contributed by atoms with Crippen LogP contribution in [0.25, 0.3) is 165 Å². The summed E-state index contributed by atoms with van der Waals surface area (Å²) in [6.45, 7) is 14.5. The lowest BCUT2D eigenvalue weighted by molar-refractivity contribution is 0.659. The van der Waals surface area contributed by atoms with Crippen LogP contribution in [0.15, 0.2) is 267 Å². The topological polar surface area (TPSA) is 0 Å². The van der Waals surface area contributed by atoms with Crippen molar-refractivity contribution >= 4 is 64.6 Å². The van der Waals surface area contributed by atoms with Crippen molar-refractivity contribution in [2.45, 2.75) is 57.8 Å². The van der Waals surface area contributed by atoms with Gasteiger partial charge in [-0.15, -0.1) is 0 Å². The Labute approximate surface area is 519 Å². The molecule has 0 atom stereocenters. The Morgan fingerprint density at radius 1 is 0.169 bits per heavy atom. The zero-order valence-corrected chi connectivity index (χ0v) is 50.9. The maximum Gasteiger partial charge on any atom is 0.0159 e. The minimum absolute atomic E-state index is 0.165. The second-order valence-corrected chi connectivity index (χ2v) is 27.5. The van der Waals surface area contributed by atoms with Gasteiger partial charge in [-0.25, -0.2) is 0 Å². The summed E-state index contributed by atoms with van der Waals surface area (Å²) in [4.78, 5) is 0. The van der Waals surface area contributed by atoms with E-state index >= 15 is 0 Å². The van der Waals surface area contributed by atoms with E-state index in [-0.39, 0.29) is 16.2 Å².